The molecule has 1 aromatic carbocycles. The predicted octanol–water partition coefficient (Wildman–Crippen LogP) is 1.26. The summed E-state index contributed by atoms with van der Waals surface area (Å²) in [6.45, 7) is 4.58. The quantitative estimate of drug-likeness (QED) is 0.840. The summed E-state index contributed by atoms with van der Waals surface area (Å²) in [6.07, 6.45) is 4.98. The summed E-state index contributed by atoms with van der Waals surface area (Å²) in [5, 5.41) is 0. The lowest BCUT2D eigenvalue weighted by atomic mass is 9.84. The number of quaternary nitrogens is 1. The van der Waals surface area contributed by atoms with Gasteiger partial charge in [-0.3, -0.25) is 0 Å². The monoisotopic (exact) mass is 367 g/mol. The van der Waals surface area contributed by atoms with Crippen molar-refractivity contribution < 1.29 is 22.8 Å². The molecule has 2 heterocycles. The summed E-state index contributed by atoms with van der Waals surface area (Å²) >= 11 is 0. The number of ether oxygens (including phenoxy) is 1. The smallest absolute Gasteiger partial charge is 0.421 e. The summed E-state index contributed by atoms with van der Waals surface area (Å²) in [5.41, 5.74) is 0.957. The number of hydrogen-bond acceptors (Lipinski definition) is 4. The van der Waals surface area contributed by atoms with Crippen LogP contribution in [-0.4, -0.2) is 40.2 Å². The molecule has 2 N–H and O–H groups in total. The molecule has 3 rings (SSSR count). The molecule has 2 aliphatic rings. The zero-order chi connectivity index (χ0) is 17.9. The molecule has 0 saturated carbocycles. The van der Waals surface area contributed by atoms with Gasteiger partial charge in [0.1, 0.15) is 6.61 Å². The van der Waals surface area contributed by atoms with E-state index in [1.165, 1.54) is 44.5 Å². The third-order valence-corrected chi connectivity index (χ3v) is 6.73. The highest BCUT2D eigenvalue weighted by molar-refractivity contribution is 7.90. The first kappa shape index (κ1) is 18.2. The maximum Gasteiger partial charge on any atom is 0.421 e. The second-order valence-electron chi connectivity index (χ2n) is 7.18. The van der Waals surface area contributed by atoms with Crippen LogP contribution in [0, 0.1) is 12.8 Å². The lowest BCUT2D eigenvalue weighted by molar-refractivity contribution is -0.940. The maximum absolute atomic E-state index is 12.2. The lowest BCUT2D eigenvalue weighted by Crippen LogP contribution is -3.18. The number of carbonyl (C=O) groups is 1. The number of sulfonamides is 1. The first-order valence-electron chi connectivity index (χ1n) is 9.06. The highest BCUT2D eigenvalue weighted by Gasteiger charge is 2.37. The third kappa shape index (κ3) is 4.52. The largest absolute Gasteiger partial charge is 0.448 e. The number of carbonyl (C=O) groups excluding carboxylic acids is 1. The molecule has 0 aromatic heterocycles. The van der Waals surface area contributed by atoms with Gasteiger partial charge in [-0.25, -0.2) is 17.9 Å². The van der Waals surface area contributed by atoms with Crippen LogP contribution < -0.4 is 9.62 Å². The standard InChI is InChI=1S/C18H26N2O4S/c1-14-7-9-16(10-8-14)25(22,23)19-18(21)24-13-15-5-4-12-20-11-3-2-6-17(15)20/h7-10,15,17H,2-6,11-13H2,1H3,(H,19,21)/p+1/t15-,17+/m0/s1. The van der Waals surface area contributed by atoms with Crippen LogP contribution in [0.5, 0.6) is 0 Å². The molecular weight excluding hydrogens is 340 g/mol. The fourth-order valence-electron chi connectivity index (χ4n) is 4.08. The van der Waals surface area contributed by atoms with E-state index in [4.69, 9.17) is 4.74 Å². The maximum atomic E-state index is 12.2. The Balaban J connectivity index is 1.54. The van der Waals surface area contributed by atoms with Crippen molar-refractivity contribution in [2.75, 3.05) is 19.7 Å². The van der Waals surface area contributed by atoms with E-state index in [0.717, 1.165) is 18.4 Å². The van der Waals surface area contributed by atoms with Gasteiger partial charge in [0, 0.05) is 5.92 Å². The average molecular weight is 367 g/mol. The van der Waals surface area contributed by atoms with Gasteiger partial charge in [0.05, 0.1) is 24.0 Å². The lowest BCUT2D eigenvalue weighted by Gasteiger charge is -2.40. The minimum atomic E-state index is -3.88. The van der Waals surface area contributed by atoms with Crippen LogP contribution in [0.1, 0.15) is 37.7 Å². The fraction of sp³-hybridized carbons (Fsp3) is 0.611. The van der Waals surface area contributed by atoms with E-state index >= 15 is 0 Å². The normalized spacial score (nSPS) is 26.5. The van der Waals surface area contributed by atoms with Crippen LogP contribution in [0.15, 0.2) is 29.2 Å². The first-order chi connectivity index (χ1) is 12.0. The molecule has 0 spiro atoms. The van der Waals surface area contributed by atoms with E-state index in [1.54, 1.807) is 17.0 Å². The molecule has 2 fully saturated rings. The van der Waals surface area contributed by atoms with Crippen molar-refractivity contribution in [3.8, 4) is 0 Å². The molecular formula is C18H27N2O4S+. The van der Waals surface area contributed by atoms with Crippen molar-refractivity contribution >= 4 is 16.1 Å². The van der Waals surface area contributed by atoms with Crippen molar-refractivity contribution in [1.29, 1.82) is 0 Å². The Labute approximate surface area is 149 Å². The Morgan fingerprint density at radius 2 is 1.88 bits per heavy atom. The van der Waals surface area contributed by atoms with Gasteiger partial charge in [0.25, 0.3) is 10.0 Å². The number of aryl methyl sites for hydroxylation is 1. The third-order valence-electron chi connectivity index (χ3n) is 5.41. The van der Waals surface area contributed by atoms with Crippen LogP contribution in [-0.2, 0) is 14.8 Å². The van der Waals surface area contributed by atoms with Gasteiger partial charge in [0.2, 0.25) is 0 Å². The highest BCUT2D eigenvalue weighted by Crippen LogP contribution is 2.20. The molecule has 0 bridgehead atoms. The number of fused-ring (bicyclic) bond motifs is 1. The van der Waals surface area contributed by atoms with E-state index in [1.807, 2.05) is 11.6 Å². The molecule has 1 amide bonds. The van der Waals surface area contributed by atoms with Crippen LogP contribution in [0.25, 0.3) is 0 Å². The van der Waals surface area contributed by atoms with Crippen molar-refractivity contribution in [1.82, 2.24) is 4.72 Å². The topological polar surface area (TPSA) is 76.9 Å². The first-order valence-corrected chi connectivity index (χ1v) is 10.5. The molecule has 3 atom stereocenters. The Morgan fingerprint density at radius 1 is 1.16 bits per heavy atom. The second kappa shape index (κ2) is 7.74. The van der Waals surface area contributed by atoms with Crippen molar-refractivity contribution in [2.24, 2.45) is 5.92 Å². The SMILES string of the molecule is Cc1ccc(S(=O)(=O)NC(=O)OC[C@@H]2CCC[NH+]3CCCC[C@H]23)cc1. The van der Waals surface area contributed by atoms with Crippen molar-refractivity contribution in [3.05, 3.63) is 29.8 Å². The zero-order valence-corrected chi connectivity index (χ0v) is 15.5. The highest BCUT2D eigenvalue weighted by atomic mass is 32.2. The molecule has 6 nitrogen and oxygen atoms in total. The Bertz CT molecular complexity index is 700. The molecule has 1 unspecified atom stereocenters. The molecule has 2 aliphatic heterocycles. The van der Waals surface area contributed by atoms with E-state index in [-0.39, 0.29) is 4.90 Å². The van der Waals surface area contributed by atoms with Gasteiger partial charge >= 0.3 is 6.09 Å². The number of hydrogen-bond donors (Lipinski definition) is 2. The zero-order valence-electron chi connectivity index (χ0n) is 14.7. The van der Waals surface area contributed by atoms with E-state index in [2.05, 4.69) is 0 Å². The minimum absolute atomic E-state index is 0.0654. The van der Waals surface area contributed by atoms with Gasteiger partial charge in [0.15, 0.2) is 0 Å². The predicted molar refractivity (Wildman–Crippen MR) is 93.9 cm³/mol. The van der Waals surface area contributed by atoms with Crippen LogP contribution in [0.4, 0.5) is 4.79 Å². The number of nitrogens with one attached hydrogen (secondary N) is 2. The van der Waals surface area contributed by atoms with Gasteiger partial charge < -0.3 is 9.64 Å². The number of benzene rings is 1. The summed E-state index contributed by atoms with van der Waals surface area (Å²) in [6, 6.07) is 6.90. The van der Waals surface area contributed by atoms with Gasteiger partial charge in [-0.2, -0.15) is 0 Å². The fourth-order valence-corrected chi connectivity index (χ4v) is 4.97. The summed E-state index contributed by atoms with van der Waals surface area (Å²) in [7, 11) is -3.88. The Morgan fingerprint density at radius 3 is 2.64 bits per heavy atom. The molecule has 1 aromatic rings. The van der Waals surface area contributed by atoms with Crippen molar-refractivity contribution in [2.45, 2.75) is 50.0 Å². The average Bonchev–Trinajstić information content (AvgIpc) is 2.60. The van der Waals surface area contributed by atoms with E-state index in [9.17, 15) is 13.2 Å². The summed E-state index contributed by atoms with van der Waals surface area (Å²) < 4.78 is 31.7. The van der Waals surface area contributed by atoms with E-state index in [0.29, 0.717) is 18.6 Å². The number of amides is 1. The van der Waals surface area contributed by atoms with Gasteiger partial charge in [-0.05, 0) is 51.2 Å². The molecule has 0 aliphatic carbocycles. The molecule has 7 heteroatoms. The minimum Gasteiger partial charge on any atom is -0.448 e. The van der Waals surface area contributed by atoms with Crippen LogP contribution in [0.3, 0.4) is 0 Å². The van der Waals surface area contributed by atoms with Gasteiger partial charge in [-0.15, -0.1) is 0 Å². The van der Waals surface area contributed by atoms with Crippen LogP contribution >= 0.6 is 0 Å². The Kier molecular flexibility index (Phi) is 5.64. The van der Waals surface area contributed by atoms with Gasteiger partial charge in [-0.1, -0.05) is 17.7 Å². The van der Waals surface area contributed by atoms with Crippen molar-refractivity contribution in [3.63, 3.8) is 0 Å². The molecule has 25 heavy (non-hydrogen) atoms. The number of piperidine rings is 2. The van der Waals surface area contributed by atoms with Crippen LogP contribution in [0.2, 0.25) is 0 Å². The molecule has 138 valence electrons. The number of rotatable bonds is 4. The molecule has 0 radical (unpaired) electrons. The summed E-state index contributed by atoms with van der Waals surface area (Å²) in [4.78, 5) is 13.7. The second-order valence-corrected chi connectivity index (χ2v) is 8.86. The summed E-state index contributed by atoms with van der Waals surface area (Å²) in [5.74, 6) is 0.330. The van der Waals surface area contributed by atoms with E-state index < -0.39 is 16.1 Å². The molecule has 2 saturated heterocycles. The Hall–Kier alpha value is -1.60.